The first-order valence-corrected chi connectivity index (χ1v) is 6.09. The van der Waals surface area contributed by atoms with E-state index in [0.29, 0.717) is 6.54 Å². The second-order valence-electron chi connectivity index (χ2n) is 4.74. The Labute approximate surface area is 106 Å². The van der Waals surface area contributed by atoms with Crippen LogP contribution in [0.15, 0.2) is 23.2 Å². The van der Waals surface area contributed by atoms with E-state index in [4.69, 9.17) is 4.74 Å². The molecule has 1 aliphatic carbocycles. The van der Waals surface area contributed by atoms with Crippen molar-refractivity contribution >= 4 is 6.08 Å². The quantitative estimate of drug-likeness (QED) is 0.607. The largest absolute Gasteiger partial charge is 0.494 e. The summed E-state index contributed by atoms with van der Waals surface area (Å²) in [5, 5.41) is 0. The Morgan fingerprint density at radius 3 is 2.72 bits per heavy atom. The smallest absolute Gasteiger partial charge is 0.234 e. The molecule has 1 aromatic rings. The third-order valence-electron chi connectivity index (χ3n) is 3.77. The number of hydrogen-bond donors (Lipinski definition) is 0. The molecule has 1 aliphatic rings. The van der Waals surface area contributed by atoms with Crippen LogP contribution in [0.3, 0.4) is 0 Å². The molecule has 0 aliphatic heterocycles. The Kier molecular flexibility index (Phi) is 3.78. The van der Waals surface area contributed by atoms with Crippen LogP contribution in [0.5, 0.6) is 5.75 Å². The Balaban J connectivity index is 2.36. The molecule has 0 heterocycles. The van der Waals surface area contributed by atoms with E-state index < -0.39 is 0 Å². The van der Waals surface area contributed by atoms with Crippen molar-refractivity contribution in [3.05, 3.63) is 29.6 Å². The fraction of sp³-hybridized carbons (Fsp3) is 0.500. The van der Waals surface area contributed by atoms with Gasteiger partial charge in [-0.1, -0.05) is 18.9 Å². The minimum Gasteiger partial charge on any atom is -0.494 e. The average molecular weight is 249 g/mol. The molecule has 0 aromatic heterocycles. The van der Waals surface area contributed by atoms with Crippen molar-refractivity contribution in [3.8, 4) is 5.75 Å². The highest BCUT2D eigenvalue weighted by atomic mass is 19.1. The maximum Gasteiger partial charge on any atom is 0.234 e. The number of aliphatic imine (C=N–C) groups is 1. The molecule has 0 bridgehead atoms. The summed E-state index contributed by atoms with van der Waals surface area (Å²) < 4.78 is 18.7. The zero-order valence-corrected chi connectivity index (χ0v) is 10.4. The highest BCUT2D eigenvalue weighted by Crippen LogP contribution is 2.42. The number of nitrogens with zero attached hydrogens (tertiary/aromatic N) is 1. The highest BCUT2D eigenvalue weighted by Gasteiger charge is 2.36. The van der Waals surface area contributed by atoms with Crippen molar-refractivity contribution in [2.24, 2.45) is 4.99 Å². The third-order valence-corrected chi connectivity index (χ3v) is 3.77. The molecule has 1 aromatic carbocycles. The van der Waals surface area contributed by atoms with Crippen molar-refractivity contribution in [2.75, 3.05) is 13.7 Å². The van der Waals surface area contributed by atoms with Crippen molar-refractivity contribution in [1.29, 1.82) is 0 Å². The molecule has 4 heteroatoms. The second kappa shape index (κ2) is 5.32. The summed E-state index contributed by atoms with van der Waals surface area (Å²) in [6.45, 7) is 0.391. The number of halogens is 1. The van der Waals surface area contributed by atoms with E-state index in [1.54, 1.807) is 12.1 Å². The van der Waals surface area contributed by atoms with Gasteiger partial charge in [0.15, 0.2) is 11.6 Å². The van der Waals surface area contributed by atoms with E-state index in [9.17, 15) is 9.18 Å². The maximum absolute atomic E-state index is 13.8. The van der Waals surface area contributed by atoms with Gasteiger partial charge < -0.3 is 4.74 Å². The molecule has 0 N–H and O–H groups in total. The van der Waals surface area contributed by atoms with Gasteiger partial charge in [0.1, 0.15) is 0 Å². The molecule has 3 nitrogen and oxygen atoms in total. The van der Waals surface area contributed by atoms with E-state index >= 15 is 0 Å². The molecule has 0 unspecified atom stereocenters. The maximum atomic E-state index is 13.8. The van der Waals surface area contributed by atoms with Crippen molar-refractivity contribution < 1.29 is 13.9 Å². The number of rotatable bonds is 4. The van der Waals surface area contributed by atoms with E-state index in [2.05, 4.69) is 4.99 Å². The van der Waals surface area contributed by atoms with Gasteiger partial charge in [0, 0.05) is 5.41 Å². The van der Waals surface area contributed by atoms with Crippen LogP contribution >= 0.6 is 0 Å². The summed E-state index contributed by atoms with van der Waals surface area (Å²) in [7, 11) is 1.44. The van der Waals surface area contributed by atoms with Crippen LogP contribution in [-0.2, 0) is 10.2 Å². The Morgan fingerprint density at radius 2 is 2.17 bits per heavy atom. The summed E-state index contributed by atoms with van der Waals surface area (Å²) in [5.41, 5.74) is 0.696. The van der Waals surface area contributed by atoms with Crippen molar-refractivity contribution in [2.45, 2.75) is 31.1 Å². The summed E-state index contributed by atoms with van der Waals surface area (Å²) in [6, 6.07) is 5.01. The minimum absolute atomic E-state index is 0.204. The summed E-state index contributed by atoms with van der Waals surface area (Å²) in [4.78, 5) is 14.0. The van der Waals surface area contributed by atoms with E-state index in [0.717, 1.165) is 31.2 Å². The predicted molar refractivity (Wildman–Crippen MR) is 66.1 cm³/mol. The van der Waals surface area contributed by atoms with Gasteiger partial charge in [0.25, 0.3) is 0 Å². The molecule has 0 saturated heterocycles. The van der Waals surface area contributed by atoms with E-state index in [1.807, 2.05) is 6.07 Å². The first kappa shape index (κ1) is 12.8. The minimum atomic E-state index is -0.364. The first-order chi connectivity index (χ1) is 8.72. The number of hydrogen-bond acceptors (Lipinski definition) is 3. The summed E-state index contributed by atoms with van der Waals surface area (Å²) in [6.07, 6.45) is 5.62. The van der Waals surface area contributed by atoms with Crippen molar-refractivity contribution in [3.63, 3.8) is 0 Å². The van der Waals surface area contributed by atoms with Crippen LogP contribution in [-0.4, -0.2) is 19.7 Å². The van der Waals surface area contributed by atoms with Gasteiger partial charge in [0.2, 0.25) is 6.08 Å². The number of benzene rings is 1. The lowest BCUT2D eigenvalue weighted by Gasteiger charge is -2.27. The van der Waals surface area contributed by atoms with Crippen LogP contribution in [0.1, 0.15) is 31.2 Å². The monoisotopic (exact) mass is 249 g/mol. The number of isocyanates is 1. The number of methoxy groups -OCH3 is 1. The van der Waals surface area contributed by atoms with Crippen LogP contribution in [0.4, 0.5) is 4.39 Å². The van der Waals surface area contributed by atoms with Gasteiger partial charge in [-0.05, 0) is 30.5 Å². The van der Waals surface area contributed by atoms with Gasteiger partial charge >= 0.3 is 0 Å². The zero-order chi connectivity index (χ0) is 13.0. The molecule has 1 saturated carbocycles. The van der Waals surface area contributed by atoms with E-state index in [-0.39, 0.29) is 17.0 Å². The lowest BCUT2D eigenvalue weighted by Crippen LogP contribution is -2.26. The summed E-state index contributed by atoms with van der Waals surface area (Å²) >= 11 is 0. The van der Waals surface area contributed by atoms with Gasteiger partial charge in [-0.25, -0.2) is 14.2 Å². The van der Waals surface area contributed by atoms with Gasteiger partial charge in [-0.2, -0.15) is 0 Å². The summed E-state index contributed by atoms with van der Waals surface area (Å²) in [5.74, 6) is -0.123. The second-order valence-corrected chi connectivity index (χ2v) is 4.74. The van der Waals surface area contributed by atoms with Crippen LogP contribution in [0.25, 0.3) is 0 Å². The molecule has 0 atom stereocenters. The van der Waals surface area contributed by atoms with E-state index in [1.165, 1.54) is 13.2 Å². The molecule has 0 radical (unpaired) electrons. The van der Waals surface area contributed by atoms with Crippen molar-refractivity contribution in [1.82, 2.24) is 0 Å². The lowest BCUT2D eigenvalue weighted by atomic mass is 9.79. The SMILES string of the molecule is COc1ccc(C2(CN=C=O)CCCC2)cc1F. The third kappa shape index (κ3) is 2.29. The zero-order valence-electron chi connectivity index (χ0n) is 10.4. The molecule has 0 spiro atoms. The molecular weight excluding hydrogens is 233 g/mol. The molecule has 0 amide bonds. The molecular formula is C14H16FNO2. The molecule has 2 rings (SSSR count). The fourth-order valence-electron chi connectivity index (χ4n) is 2.77. The number of carbonyl (C=O) groups excluding carboxylic acids is 1. The van der Waals surface area contributed by atoms with Crippen LogP contribution < -0.4 is 4.74 Å². The molecule has 1 fully saturated rings. The Morgan fingerprint density at radius 1 is 1.44 bits per heavy atom. The molecule has 96 valence electrons. The first-order valence-electron chi connectivity index (χ1n) is 6.09. The number of ether oxygens (including phenoxy) is 1. The topological polar surface area (TPSA) is 38.7 Å². The molecule has 18 heavy (non-hydrogen) atoms. The fourth-order valence-corrected chi connectivity index (χ4v) is 2.77. The van der Waals surface area contributed by atoms with Gasteiger partial charge in [0.05, 0.1) is 13.7 Å². The van der Waals surface area contributed by atoms with Gasteiger partial charge in [-0.15, -0.1) is 0 Å². The lowest BCUT2D eigenvalue weighted by molar-refractivity contribution is 0.383. The predicted octanol–water partition coefficient (Wildman–Crippen LogP) is 2.98. The normalized spacial score (nSPS) is 17.2. The van der Waals surface area contributed by atoms with Crippen LogP contribution in [0.2, 0.25) is 0 Å². The standard InChI is InChI=1S/C14H16FNO2/c1-18-13-5-4-11(8-12(13)15)14(9-16-10-17)6-2-3-7-14/h4-5,8H,2-3,6-7,9H2,1H3. The highest BCUT2D eigenvalue weighted by molar-refractivity contribution is 5.37. The average Bonchev–Trinajstić information content (AvgIpc) is 2.86. The van der Waals surface area contributed by atoms with Gasteiger partial charge in [-0.3, -0.25) is 0 Å². The van der Waals surface area contributed by atoms with Crippen LogP contribution in [0, 0.1) is 5.82 Å². The Hall–Kier alpha value is -1.67. The Bertz CT molecular complexity index is 475.